The van der Waals surface area contributed by atoms with E-state index in [1.54, 1.807) is 17.1 Å². The maximum atomic E-state index is 14.3. The van der Waals surface area contributed by atoms with E-state index in [-0.39, 0.29) is 66.6 Å². The molecule has 7 heterocycles. The van der Waals surface area contributed by atoms with Crippen molar-refractivity contribution in [3.05, 3.63) is 34.7 Å². The number of fused-ring (bicyclic) bond motifs is 9. The van der Waals surface area contributed by atoms with E-state index in [4.69, 9.17) is 71.0 Å². The molecular weight excluding hydrogens is 994 g/mol. The number of anilines is 1. The molecule has 2 bridgehead atoms. The number of hydrogen-bond acceptors (Lipinski definition) is 24. The fourth-order valence-corrected chi connectivity index (χ4v) is 9.03. The van der Waals surface area contributed by atoms with Crippen LogP contribution in [0.3, 0.4) is 0 Å². The molecule has 2 saturated heterocycles. The molecule has 0 radical (unpaired) electrons. The number of carbonyl (C=O) groups excluding carboxylic acids is 2. The molecule has 2 atom stereocenters. The van der Waals surface area contributed by atoms with Crippen molar-refractivity contribution < 1.29 is 32.7 Å². The van der Waals surface area contributed by atoms with E-state index in [2.05, 4.69) is 77.1 Å². The number of amides is 2. The van der Waals surface area contributed by atoms with E-state index >= 15 is 0 Å². The molecule has 17 N–H and O–H groups in total. The number of carboxylic acids is 1. The van der Waals surface area contributed by atoms with Crippen molar-refractivity contribution in [2.45, 2.75) is 101 Å². The lowest BCUT2D eigenvalue weighted by atomic mass is 9.94. The SMILES string of the molecule is CCCCN(CCCC)CCCNc1nc(C2CCN(N3C(C(N)=O)=C(N)N=C(N)C3Cl)CC2)nc(C2CCN(N3C4=C(N)NC(=NCNNNCN(CNNNC)C4=O)C3Cl)CC2)n1.O=C(O)C(F)(F)F. The van der Waals surface area contributed by atoms with E-state index in [0.29, 0.717) is 81.8 Å². The van der Waals surface area contributed by atoms with Crippen molar-refractivity contribution in [3.8, 4) is 0 Å². The van der Waals surface area contributed by atoms with E-state index in [0.717, 1.165) is 26.1 Å². The van der Waals surface area contributed by atoms with E-state index in [1.807, 2.05) is 5.01 Å². The third kappa shape index (κ3) is 15.7. The van der Waals surface area contributed by atoms with Gasteiger partial charge in [-0.1, -0.05) is 49.9 Å². The van der Waals surface area contributed by atoms with Gasteiger partial charge in [0.05, 0.1) is 13.3 Å². The van der Waals surface area contributed by atoms with Gasteiger partial charge in [-0.3, -0.25) is 24.6 Å². The molecule has 0 spiro atoms. The van der Waals surface area contributed by atoms with Gasteiger partial charge in [0.25, 0.3) is 11.8 Å². The molecule has 0 saturated carbocycles. The van der Waals surface area contributed by atoms with Crippen LogP contribution in [0.2, 0.25) is 0 Å². The van der Waals surface area contributed by atoms with Crippen LogP contribution in [-0.2, 0) is 14.4 Å². The highest BCUT2D eigenvalue weighted by Crippen LogP contribution is 2.35. The van der Waals surface area contributed by atoms with Gasteiger partial charge in [-0.2, -0.15) is 34.2 Å². The summed E-state index contributed by atoms with van der Waals surface area (Å²) in [5.41, 5.74) is 40.3. The van der Waals surface area contributed by atoms with Crippen LogP contribution in [0.15, 0.2) is 33.0 Å². The molecule has 1 aromatic rings. The third-order valence-corrected chi connectivity index (χ3v) is 12.9. The number of rotatable bonds is 20. The minimum absolute atomic E-state index is 0.0111. The Morgan fingerprint density at radius 1 is 0.875 bits per heavy atom. The molecule has 2 unspecified atom stereocenters. The number of nitrogens with one attached hydrogen (secondary N) is 8. The summed E-state index contributed by atoms with van der Waals surface area (Å²) in [7, 11) is 1.71. The zero-order valence-corrected chi connectivity index (χ0v) is 42.3. The second-order valence-electron chi connectivity index (χ2n) is 17.2. The Balaban J connectivity index is 0.00000128. The first-order valence-corrected chi connectivity index (χ1v) is 24.7. The maximum absolute atomic E-state index is 14.3. The standard InChI is InChI=1S/C38H69Cl2N23O2.C2HF3O2/c1-4-6-14-58(15-7-5-2)16-8-13-46-38-54-34(24-9-17-60(18-10-24)62-26(33(44)64)30(41)51-32(43)28(62)39)53-35(55-38)25-11-19-61(20-12-25)63-27-31(42)52-36(29(63)40)47-21-48-57-50-23-59(37(27)65)22-49-56-45-3;3-2(4,5)1(6)7/h24-25,28-29,45,48-50,56-57H,4-23,41-42H2,1-3H3,(H2,43,51)(H2,44,64)(H,47,52)(H,46,53,54,55);(H,6,7). The summed E-state index contributed by atoms with van der Waals surface area (Å²) in [6.45, 7) is 10.8. The smallest absolute Gasteiger partial charge is 0.475 e. The number of aliphatic carboxylic acids is 1. The number of aliphatic imine (C=N–C) groups is 2. The van der Waals surface area contributed by atoms with Gasteiger partial charge in [0, 0.05) is 44.6 Å². The van der Waals surface area contributed by atoms with Gasteiger partial charge in [0.15, 0.2) is 28.2 Å². The summed E-state index contributed by atoms with van der Waals surface area (Å²) in [5.74, 6) is -1.41. The molecule has 1 aromatic heterocycles. The Labute approximate surface area is 426 Å². The largest absolute Gasteiger partial charge is 0.490 e. The lowest BCUT2D eigenvalue weighted by Crippen LogP contribution is -2.63. The number of hydrazine groups is 6. The maximum Gasteiger partial charge on any atom is 0.490 e. The van der Waals surface area contributed by atoms with Gasteiger partial charge >= 0.3 is 12.1 Å². The number of piperidine rings is 2. The first-order valence-electron chi connectivity index (χ1n) is 23.9. The molecule has 72 heavy (non-hydrogen) atoms. The number of carbonyl (C=O) groups is 3. The molecule has 0 aromatic carbocycles. The summed E-state index contributed by atoms with van der Waals surface area (Å²) < 4.78 is 31.7. The fourth-order valence-electron chi connectivity index (χ4n) is 8.42. The van der Waals surface area contributed by atoms with Crippen molar-refractivity contribution in [1.29, 1.82) is 0 Å². The topological polar surface area (TPSA) is 355 Å². The van der Waals surface area contributed by atoms with Gasteiger partial charge in [0.1, 0.15) is 35.8 Å². The monoisotopic (exact) mass is 1060 g/mol. The van der Waals surface area contributed by atoms with Crippen LogP contribution in [0.4, 0.5) is 19.1 Å². The first-order chi connectivity index (χ1) is 34.4. The van der Waals surface area contributed by atoms with Crippen LogP contribution < -0.4 is 66.3 Å². The highest BCUT2D eigenvalue weighted by Gasteiger charge is 2.43. The molecule has 6 aliphatic rings. The number of alkyl halides is 5. The third-order valence-electron chi connectivity index (χ3n) is 12.1. The number of nitrogens with two attached hydrogens (primary N) is 4. The lowest BCUT2D eigenvalue weighted by Gasteiger charge is -2.46. The number of aromatic nitrogens is 3. The van der Waals surface area contributed by atoms with Gasteiger partial charge in [0.2, 0.25) is 5.95 Å². The number of nitrogens with zero attached hydrogens (tertiary/aromatic N) is 11. The van der Waals surface area contributed by atoms with Crippen molar-refractivity contribution >= 4 is 58.6 Å². The molecule has 7 rings (SSSR count). The molecule has 2 amide bonds. The average molecular weight is 1070 g/mol. The zero-order valence-electron chi connectivity index (χ0n) is 40.7. The zero-order chi connectivity index (χ0) is 52.5. The molecule has 32 heteroatoms. The van der Waals surface area contributed by atoms with Crippen LogP contribution in [0.5, 0.6) is 0 Å². The van der Waals surface area contributed by atoms with Gasteiger partial charge in [-0.05, 0) is 71.6 Å². The highest BCUT2D eigenvalue weighted by atomic mass is 35.5. The minimum atomic E-state index is -5.08. The molecule has 2 fully saturated rings. The Kier molecular flexibility index (Phi) is 22.3. The van der Waals surface area contributed by atoms with E-state index < -0.39 is 29.1 Å². The Hall–Kier alpha value is -5.15. The minimum Gasteiger partial charge on any atom is -0.475 e. The van der Waals surface area contributed by atoms with E-state index in [9.17, 15) is 22.8 Å². The summed E-state index contributed by atoms with van der Waals surface area (Å²) in [4.78, 5) is 63.6. The predicted octanol–water partition coefficient (Wildman–Crippen LogP) is -1.21. The Bertz CT molecular complexity index is 2100. The van der Waals surface area contributed by atoms with Crippen LogP contribution >= 0.6 is 23.2 Å². The van der Waals surface area contributed by atoms with Crippen LogP contribution in [0.1, 0.15) is 95.1 Å². The predicted molar refractivity (Wildman–Crippen MR) is 263 cm³/mol. The summed E-state index contributed by atoms with van der Waals surface area (Å²) >= 11 is 13.8. The quantitative estimate of drug-likeness (QED) is 0.0315. The van der Waals surface area contributed by atoms with Crippen LogP contribution in [0.25, 0.3) is 0 Å². The second-order valence-corrected chi connectivity index (χ2v) is 18.1. The van der Waals surface area contributed by atoms with E-state index in [1.165, 1.54) is 30.6 Å². The highest BCUT2D eigenvalue weighted by molar-refractivity contribution is 6.32. The Morgan fingerprint density at radius 2 is 1.44 bits per heavy atom. The molecule has 27 nitrogen and oxygen atoms in total. The van der Waals surface area contributed by atoms with Crippen molar-refractivity contribution in [2.24, 2.45) is 32.9 Å². The summed E-state index contributed by atoms with van der Waals surface area (Å²) in [5, 5.41) is 21.0. The lowest BCUT2D eigenvalue weighted by molar-refractivity contribution is -0.192. The van der Waals surface area contributed by atoms with Crippen molar-refractivity contribution in [1.82, 2.24) is 82.9 Å². The van der Waals surface area contributed by atoms with Crippen LogP contribution in [-0.4, -0.2) is 176 Å². The second kappa shape index (κ2) is 27.8. The molecule has 6 aliphatic heterocycles. The Morgan fingerprint density at radius 3 is 1.99 bits per heavy atom. The van der Waals surface area contributed by atoms with Crippen molar-refractivity contribution in [3.63, 3.8) is 0 Å². The first kappa shape index (κ1) is 57.7. The molecule has 404 valence electrons. The molecule has 0 aliphatic carbocycles. The number of carboxylic acid groups (broad SMARTS) is 1. The van der Waals surface area contributed by atoms with Gasteiger partial charge in [-0.25, -0.2) is 46.5 Å². The number of primary amides is 1. The number of unbranched alkanes of at least 4 members (excludes halogenated alkanes) is 2. The van der Waals surface area contributed by atoms with Gasteiger partial charge < -0.3 is 48.5 Å². The fraction of sp³-hybridized carbons (Fsp3) is 0.700. The average Bonchev–Trinajstić information content (AvgIpc) is 3.35. The summed E-state index contributed by atoms with van der Waals surface area (Å²) in [6.07, 6.45) is 3.18. The number of hydrogen-bond donors (Lipinski definition) is 13. The van der Waals surface area contributed by atoms with Gasteiger partial charge in [-0.15, -0.1) is 0 Å². The summed E-state index contributed by atoms with van der Waals surface area (Å²) in [6, 6.07) is 0. The number of amidine groups is 2. The number of halogens is 5. The van der Waals surface area contributed by atoms with Crippen molar-refractivity contribution in [2.75, 3.05) is 84.7 Å². The van der Waals surface area contributed by atoms with Crippen LogP contribution in [0, 0.1) is 0 Å². The molecular formula is C40H70Cl2F3N23O4. The normalized spacial score (nSPS) is 21.5.